The summed E-state index contributed by atoms with van der Waals surface area (Å²) in [6.07, 6.45) is 0. The Labute approximate surface area is 109 Å². The molecule has 0 N–H and O–H groups in total. The standard InChI is InChI=1S/C11H9NO2S3/c13-17(14)6-9-10(7-17)16-11(15)12(9)8-4-2-1-3-5-8/h1-6,10H,7H2/t10-/m0/s1. The van der Waals surface area contributed by atoms with Gasteiger partial charge in [0.2, 0.25) is 0 Å². The first-order chi connectivity index (χ1) is 8.07. The van der Waals surface area contributed by atoms with E-state index < -0.39 is 9.84 Å². The smallest absolute Gasteiger partial charge is 0.174 e. The van der Waals surface area contributed by atoms with E-state index in [1.165, 1.54) is 17.2 Å². The lowest BCUT2D eigenvalue weighted by Crippen LogP contribution is -2.20. The lowest BCUT2D eigenvalue weighted by Gasteiger charge is -2.18. The van der Waals surface area contributed by atoms with Gasteiger partial charge in [0.05, 0.1) is 22.1 Å². The van der Waals surface area contributed by atoms with Crippen LogP contribution in [0.4, 0.5) is 5.69 Å². The summed E-state index contributed by atoms with van der Waals surface area (Å²) in [7, 11) is -3.05. The number of hydrogen-bond donors (Lipinski definition) is 0. The minimum Gasteiger partial charge on any atom is -0.298 e. The summed E-state index contributed by atoms with van der Waals surface area (Å²) in [6.45, 7) is 0. The van der Waals surface area contributed by atoms with Crippen molar-refractivity contribution in [2.75, 3.05) is 10.7 Å². The number of sulfone groups is 1. The van der Waals surface area contributed by atoms with Gasteiger partial charge in [-0.05, 0) is 12.1 Å². The fourth-order valence-electron chi connectivity index (χ4n) is 2.01. The molecule has 2 aliphatic heterocycles. The van der Waals surface area contributed by atoms with Crippen LogP contribution < -0.4 is 4.90 Å². The van der Waals surface area contributed by atoms with Crippen LogP contribution in [0.15, 0.2) is 41.4 Å². The highest BCUT2D eigenvalue weighted by atomic mass is 32.2. The first kappa shape index (κ1) is 11.3. The van der Waals surface area contributed by atoms with E-state index in [1.807, 2.05) is 35.2 Å². The van der Waals surface area contributed by atoms with Crippen LogP contribution in [0.2, 0.25) is 0 Å². The Hall–Kier alpha value is -0.850. The van der Waals surface area contributed by atoms with Crippen molar-refractivity contribution in [1.29, 1.82) is 0 Å². The molecule has 2 aliphatic rings. The molecule has 3 rings (SSSR count). The Bertz CT molecular complexity index is 607. The minimum atomic E-state index is -3.05. The lowest BCUT2D eigenvalue weighted by molar-refractivity contribution is 0.606. The first-order valence-electron chi connectivity index (χ1n) is 5.07. The Morgan fingerprint density at radius 1 is 1.29 bits per heavy atom. The number of benzene rings is 1. The van der Waals surface area contributed by atoms with Gasteiger partial charge >= 0.3 is 0 Å². The van der Waals surface area contributed by atoms with Gasteiger partial charge in [-0.25, -0.2) is 8.42 Å². The maximum Gasteiger partial charge on any atom is 0.174 e. The zero-order chi connectivity index (χ0) is 12.0. The van der Waals surface area contributed by atoms with Gasteiger partial charge in [-0.2, -0.15) is 0 Å². The molecule has 0 bridgehead atoms. The van der Waals surface area contributed by atoms with Crippen molar-refractivity contribution in [3.8, 4) is 0 Å². The molecule has 1 aromatic rings. The number of rotatable bonds is 1. The maximum absolute atomic E-state index is 11.6. The average molecular weight is 283 g/mol. The van der Waals surface area contributed by atoms with Crippen molar-refractivity contribution in [2.45, 2.75) is 5.25 Å². The topological polar surface area (TPSA) is 37.4 Å². The third-order valence-electron chi connectivity index (χ3n) is 2.71. The average Bonchev–Trinajstić information content (AvgIpc) is 2.69. The largest absolute Gasteiger partial charge is 0.298 e. The van der Waals surface area contributed by atoms with E-state index in [2.05, 4.69) is 0 Å². The minimum absolute atomic E-state index is 0.0345. The van der Waals surface area contributed by atoms with Crippen LogP contribution in [-0.4, -0.2) is 23.7 Å². The second kappa shape index (κ2) is 3.83. The van der Waals surface area contributed by atoms with Crippen LogP contribution in [0, 0.1) is 0 Å². The van der Waals surface area contributed by atoms with Crippen LogP contribution >= 0.6 is 24.0 Å². The molecule has 1 saturated heterocycles. The SMILES string of the molecule is O=S1(=O)C=C2[C@H](C1)SC(=S)N2c1ccccc1. The molecule has 6 heteroatoms. The number of thioether (sulfide) groups is 1. The van der Waals surface area contributed by atoms with Gasteiger partial charge in [0.25, 0.3) is 0 Å². The number of nitrogens with zero attached hydrogens (tertiary/aromatic N) is 1. The highest BCUT2D eigenvalue weighted by molar-refractivity contribution is 8.24. The van der Waals surface area contributed by atoms with Crippen molar-refractivity contribution in [1.82, 2.24) is 0 Å². The molecule has 0 aliphatic carbocycles. The van der Waals surface area contributed by atoms with Crippen LogP contribution in [0.3, 0.4) is 0 Å². The van der Waals surface area contributed by atoms with Crippen molar-refractivity contribution < 1.29 is 8.42 Å². The van der Waals surface area contributed by atoms with Gasteiger partial charge in [-0.3, -0.25) is 4.90 Å². The second-order valence-electron chi connectivity index (χ2n) is 3.92. The van der Waals surface area contributed by atoms with E-state index in [0.717, 1.165) is 15.7 Å². The van der Waals surface area contributed by atoms with Gasteiger partial charge in [0.1, 0.15) is 4.32 Å². The molecule has 1 aromatic carbocycles. The molecule has 0 saturated carbocycles. The fourth-order valence-corrected chi connectivity index (χ4v) is 5.67. The van der Waals surface area contributed by atoms with E-state index in [1.54, 1.807) is 0 Å². The Kier molecular flexibility index (Phi) is 2.53. The van der Waals surface area contributed by atoms with Crippen LogP contribution in [0.25, 0.3) is 0 Å². The second-order valence-corrected chi connectivity index (χ2v) is 7.65. The zero-order valence-electron chi connectivity index (χ0n) is 8.74. The van der Waals surface area contributed by atoms with Gasteiger partial charge in [-0.1, -0.05) is 42.2 Å². The van der Waals surface area contributed by atoms with Crippen molar-refractivity contribution >= 4 is 43.8 Å². The number of hydrogen-bond acceptors (Lipinski definition) is 4. The highest BCUT2D eigenvalue weighted by Gasteiger charge is 2.41. The lowest BCUT2D eigenvalue weighted by atomic mass is 10.2. The third kappa shape index (κ3) is 1.90. The molecule has 88 valence electrons. The molecule has 3 nitrogen and oxygen atoms in total. The summed E-state index contributed by atoms with van der Waals surface area (Å²) in [5, 5.41) is 1.32. The predicted octanol–water partition coefficient (Wildman–Crippen LogP) is 2.16. The van der Waals surface area contributed by atoms with E-state index in [-0.39, 0.29) is 11.0 Å². The maximum atomic E-state index is 11.6. The summed E-state index contributed by atoms with van der Waals surface area (Å²) >= 11 is 6.76. The molecule has 1 atom stereocenters. The molecule has 0 aromatic heterocycles. The quantitative estimate of drug-likeness (QED) is 0.738. The molecule has 17 heavy (non-hydrogen) atoms. The summed E-state index contributed by atoms with van der Waals surface area (Å²) in [5.74, 6) is 0.163. The van der Waals surface area contributed by atoms with E-state index in [9.17, 15) is 8.42 Å². The van der Waals surface area contributed by atoms with Crippen molar-refractivity contribution in [3.63, 3.8) is 0 Å². The molecular formula is C11H9NO2S3. The molecule has 2 heterocycles. The monoisotopic (exact) mass is 283 g/mol. The Balaban J connectivity index is 2.09. The number of para-hydroxylation sites is 1. The summed E-state index contributed by atoms with van der Waals surface area (Å²) < 4.78 is 23.9. The Morgan fingerprint density at radius 2 is 2.00 bits per heavy atom. The van der Waals surface area contributed by atoms with Crippen LogP contribution in [-0.2, 0) is 9.84 Å². The van der Waals surface area contributed by atoms with Crippen molar-refractivity contribution in [3.05, 3.63) is 41.4 Å². The summed E-state index contributed by atoms with van der Waals surface area (Å²) in [6, 6.07) is 9.62. The van der Waals surface area contributed by atoms with Crippen LogP contribution in [0.1, 0.15) is 0 Å². The molecule has 0 unspecified atom stereocenters. The van der Waals surface area contributed by atoms with E-state index in [0.29, 0.717) is 0 Å². The Morgan fingerprint density at radius 3 is 2.71 bits per heavy atom. The molecule has 0 spiro atoms. The summed E-state index contributed by atoms with van der Waals surface area (Å²) in [5.41, 5.74) is 1.72. The number of thiocarbonyl (C=S) groups is 1. The van der Waals surface area contributed by atoms with E-state index in [4.69, 9.17) is 12.2 Å². The molecule has 0 radical (unpaired) electrons. The molecular weight excluding hydrogens is 274 g/mol. The van der Waals surface area contributed by atoms with Crippen LogP contribution in [0.5, 0.6) is 0 Å². The fraction of sp³-hybridized carbons (Fsp3) is 0.182. The molecule has 1 fully saturated rings. The zero-order valence-corrected chi connectivity index (χ0v) is 11.2. The number of anilines is 1. The highest BCUT2D eigenvalue weighted by Crippen LogP contribution is 2.42. The summed E-state index contributed by atoms with van der Waals surface area (Å²) in [4.78, 5) is 1.86. The first-order valence-corrected chi connectivity index (χ1v) is 8.07. The third-order valence-corrected chi connectivity index (χ3v) is 5.87. The predicted molar refractivity (Wildman–Crippen MR) is 74.8 cm³/mol. The van der Waals surface area contributed by atoms with Gasteiger partial charge in [0, 0.05) is 5.69 Å². The van der Waals surface area contributed by atoms with Crippen molar-refractivity contribution in [2.24, 2.45) is 0 Å². The van der Waals surface area contributed by atoms with Gasteiger partial charge in [-0.15, -0.1) is 0 Å². The van der Waals surface area contributed by atoms with E-state index >= 15 is 0 Å². The van der Waals surface area contributed by atoms with Gasteiger partial charge < -0.3 is 0 Å². The van der Waals surface area contributed by atoms with Gasteiger partial charge in [0.15, 0.2) is 9.84 Å². The molecule has 0 amide bonds. The number of fused-ring (bicyclic) bond motifs is 1. The normalized spacial score (nSPS) is 25.9.